The van der Waals surface area contributed by atoms with Crippen molar-refractivity contribution in [3.05, 3.63) is 65.4 Å². The number of thiazole rings is 1. The Labute approximate surface area is 172 Å². The average molecular weight is 436 g/mol. The molecule has 0 fully saturated rings. The van der Waals surface area contributed by atoms with Crippen molar-refractivity contribution < 1.29 is 17.8 Å². The standard InChI is InChI=1S/C20H19F2N3O2S2/c1-12-19(29(3,23)27)28-20(24-12)25(2)18(26)10-13-4-6-14(7-5-13)16-11-15(21)8-9-17(16)22/h4-9,11,23H,10H2,1-3H3/t29-/m1/s1. The molecule has 3 aromatic rings. The number of aryl methyl sites for hydroxylation is 1. The minimum absolute atomic E-state index is 0.0821. The van der Waals surface area contributed by atoms with Crippen LogP contribution in [0, 0.1) is 23.3 Å². The third-order valence-electron chi connectivity index (χ3n) is 4.31. The van der Waals surface area contributed by atoms with Crippen molar-refractivity contribution >= 4 is 32.1 Å². The molecule has 9 heteroatoms. The van der Waals surface area contributed by atoms with Crippen molar-refractivity contribution in [2.24, 2.45) is 0 Å². The van der Waals surface area contributed by atoms with E-state index in [0.29, 0.717) is 26.2 Å². The van der Waals surface area contributed by atoms with Gasteiger partial charge in [0.15, 0.2) is 5.13 Å². The third-order valence-corrected chi connectivity index (χ3v) is 7.54. The van der Waals surface area contributed by atoms with Gasteiger partial charge in [0.05, 0.1) is 21.8 Å². The topological polar surface area (TPSA) is 74.1 Å². The molecule has 2 aromatic carbocycles. The molecule has 0 saturated heterocycles. The Hall–Kier alpha value is -2.65. The van der Waals surface area contributed by atoms with E-state index in [-0.39, 0.29) is 17.9 Å². The highest BCUT2D eigenvalue weighted by atomic mass is 32.2. The molecule has 0 aliphatic heterocycles. The lowest BCUT2D eigenvalue weighted by Gasteiger charge is -2.14. The SMILES string of the molecule is Cc1nc(N(C)C(=O)Cc2ccc(-c3cc(F)ccc3F)cc2)sc1[S@](C)(=N)=O. The quantitative estimate of drug-likeness (QED) is 0.635. The Morgan fingerprint density at radius 3 is 2.45 bits per heavy atom. The van der Waals surface area contributed by atoms with Crippen molar-refractivity contribution in [3.8, 4) is 11.1 Å². The van der Waals surface area contributed by atoms with Gasteiger partial charge in [0.1, 0.15) is 15.8 Å². The van der Waals surface area contributed by atoms with Crippen LogP contribution in [0.15, 0.2) is 46.7 Å². The fraction of sp³-hybridized carbons (Fsp3) is 0.200. The fourth-order valence-corrected chi connectivity index (χ4v) is 5.04. The van der Waals surface area contributed by atoms with Gasteiger partial charge >= 0.3 is 0 Å². The second kappa shape index (κ2) is 8.00. The first-order chi connectivity index (χ1) is 13.6. The Balaban J connectivity index is 1.76. The molecule has 29 heavy (non-hydrogen) atoms. The monoisotopic (exact) mass is 435 g/mol. The summed E-state index contributed by atoms with van der Waals surface area (Å²) in [7, 11) is -1.34. The van der Waals surface area contributed by atoms with Crippen molar-refractivity contribution in [1.82, 2.24) is 4.98 Å². The van der Waals surface area contributed by atoms with Crippen molar-refractivity contribution in [1.29, 1.82) is 4.78 Å². The number of anilines is 1. The number of aromatic nitrogens is 1. The van der Waals surface area contributed by atoms with Gasteiger partial charge in [-0.15, -0.1) is 0 Å². The molecular weight excluding hydrogens is 416 g/mol. The van der Waals surface area contributed by atoms with Crippen LogP contribution in [0.5, 0.6) is 0 Å². The number of carbonyl (C=O) groups is 1. The van der Waals surface area contributed by atoms with Gasteiger partial charge in [-0.05, 0) is 36.2 Å². The third kappa shape index (κ3) is 4.68. The maximum absolute atomic E-state index is 13.9. The minimum atomic E-state index is -2.91. The molecule has 1 atom stereocenters. The molecule has 0 aliphatic carbocycles. The highest BCUT2D eigenvalue weighted by Gasteiger charge is 2.20. The molecule has 0 radical (unpaired) electrons. The molecule has 0 bridgehead atoms. The van der Waals surface area contributed by atoms with E-state index in [2.05, 4.69) is 4.98 Å². The molecule has 152 valence electrons. The first kappa shape index (κ1) is 21.1. The van der Waals surface area contributed by atoms with Gasteiger partial charge in [-0.25, -0.2) is 22.8 Å². The Kier molecular flexibility index (Phi) is 5.81. The summed E-state index contributed by atoms with van der Waals surface area (Å²) < 4.78 is 47.4. The Morgan fingerprint density at radius 2 is 1.86 bits per heavy atom. The number of halogens is 2. The number of nitrogens with one attached hydrogen (secondary N) is 1. The van der Waals surface area contributed by atoms with Gasteiger partial charge in [-0.2, -0.15) is 0 Å². The van der Waals surface area contributed by atoms with Crippen LogP contribution in [0.2, 0.25) is 0 Å². The number of benzene rings is 2. The molecule has 0 unspecified atom stereocenters. The number of rotatable bonds is 5. The largest absolute Gasteiger partial charge is 0.291 e. The van der Waals surface area contributed by atoms with E-state index >= 15 is 0 Å². The summed E-state index contributed by atoms with van der Waals surface area (Å²) in [4.78, 5) is 18.2. The maximum atomic E-state index is 13.9. The highest BCUT2D eigenvalue weighted by Crippen LogP contribution is 2.30. The predicted molar refractivity (Wildman–Crippen MR) is 111 cm³/mol. The average Bonchev–Trinajstić information content (AvgIpc) is 3.06. The summed E-state index contributed by atoms with van der Waals surface area (Å²) in [6.07, 6.45) is 1.40. The van der Waals surface area contributed by atoms with Crippen LogP contribution in [0.25, 0.3) is 11.1 Å². The number of nitrogens with zero attached hydrogens (tertiary/aromatic N) is 2. The second-order valence-electron chi connectivity index (χ2n) is 6.66. The first-order valence-corrected chi connectivity index (χ1v) is 11.4. The molecule has 5 nitrogen and oxygen atoms in total. The lowest BCUT2D eigenvalue weighted by molar-refractivity contribution is -0.117. The van der Waals surface area contributed by atoms with E-state index < -0.39 is 21.4 Å². The summed E-state index contributed by atoms with van der Waals surface area (Å²) in [6.45, 7) is 1.66. The molecule has 0 aliphatic rings. The van der Waals surface area contributed by atoms with E-state index in [1.54, 1.807) is 38.2 Å². The number of amides is 1. The van der Waals surface area contributed by atoms with Crippen LogP contribution >= 0.6 is 11.3 Å². The van der Waals surface area contributed by atoms with Gasteiger partial charge < -0.3 is 0 Å². The normalized spacial score (nSPS) is 13.1. The summed E-state index contributed by atoms with van der Waals surface area (Å²) in [5.41, 5.74) is 1.86. The zero-order valence-corrected chi connectivity index (χ0v) is 17.7. The van der Waals surface area contributed by atoms with Crippen LogP contribution in [0.1, 0.15) is 11.3 Å². The van der Waals surface area contributed by atoms with Crippen LogP contribution in [-0.4, -0.2) is 28.4 Å². The lowest BCUT2D eigenvalue weighted by Crippen LogP contribution is -2.27. The summed E-state index contributed by atoms with van der Waals surface area (Å²) >= 11 is 1.07. The van der Waals surface area contributed by atoms with Crippen LogP contribution in [0.3, 0.4) is 0 Å². The predicted octanol–water partition coefficient (Wildman–Crippen LogP) is 4.64. The lowest BCUT2D eigenvalue weighted by atomic mass is 10.0. The van der Waals surface area contributed by atoms with Gasteiger partial charge in [-0.1, -0.05) is 35.6 Å². The molecule has 0 spiro atoms. The van der Waals surface area contributed by atoms with Crippen molar-refractivity contribution in [3.63, 3.8) is 0 Å². The van der Waals surface area contributed by atoms with Crippen LogP contribution < -0.4 is 4.90 Å². The highest BCUT2D eigenvalue weighted by molar-refractivity contribution is 7.93. The van der Waals surface area contributed by atoms with Gasteiger partial charge in [0.25, 0.3) is 0 Å². The Morgan fingerprint density at radius 1 is 1.21 bits per heavy atom. The summed E-state index contributed by atoms with van der Waals surface area (Å²) in [6, 6.07) is 9.91. The van der Waals surface area contributed by atoms with Crippen molar-refractivity contribution in [2.75, 3.05) is 18.2 Å². The molecular formula is C20H19F2N3O2S2. The van der Waals surface area contributed by atoms with E-state index in [9.17, 15) is 17.8 Å². The van der Waals surface area contributed by atoms with E-state index in [4.69, 9.17) is 4.78 Å². The first-order valence-electron chi connectivity index (χ1n) is 8.58. The second-order valence-corrected chi connectivity index (χ2v) is 10.00. The maximum Gasteiger partial charge on any atom is 0.232 e. The minimum Gasteiger partial charge on any atom is -0.291 e. The molecule has 1 amide bonds. The molecule has 1 heterocycles. The summed E-state index contributed by atoms with van der Waals surface area (Å²) in [5, 5.41) is 0.378. The van der Waals surface area contributed by atoms with Gasteiger partial charge in [-0.3, -0.25) is 9.69 Å². The van der Waals surface area contributed by atoms with E-state index in [1.165, 1.54) is 11.2 Å². The number of hydrogen-bond acceptors (Lipinski definition) is 5. The van der Waals surface area contributed by atoms with E-state index in [0.717, 1.165) is 29.5 Å². The van der Waals surface area contributed by atoms with E-state index in [1.807, 2.05) is 0 Å². The smallest absolute Gasteiger partial charge is 0.232 e. The number of likely N-dealkylation sites (N-methyl/N-ethyl adjacent to an activating group) is 1. The van der Waals surface area contributed by atoms with Gasteiger partial charge in [0.2, 0.25) is 5.91 Å². The fourth-order valence-electron chi connectivity index (χ4n) is 2.79. The van der Waals surface area contributed by atoms with Crippen LogP contribution in [0.4, 0.5) is 13.9 Å². The molecule has 3 rings (SSSR count). The Bertz CT molecular complexity index is 1170. The number of carbonyl (C=O) groups excluding carboxylic acids is 1. The molecule has 0 saturated carbocycles. The van der Waals surface area contributed by atoms with Crippen molar-refractivity contribution in [2.45, 2.75) is 17.6 Å². The van der Waals surface area contributed by atoms with Crippen LogP contribution in [-0.2, 0) is 20.9 Å². The summed E-state index contributed by atoms with van der Waals surface area (Å²) in [5.74, 6) is -1.28. The number of hydrogen-bond donors (Lipinski definition) is 1. The van der Waals surface area contributed by atoms with Gasteiger partial charge in [0, 0.05) is 18.9 Å². The molecule has 1 N–H and O–H groups in total. The zero-order valence-electron chi connectivity index (χ0n) is 16.0. The zero-order chi connectivity index (χ0) is 21.3. The molecule has 1 aromatic heterocycles.